The molecule has 0 bridgehead atoms. The fraction of sp³-hybridized carbons (Fsp3) is 0.300. The summed E-state index contributed by atoms with van der Waals surface area (Å²) in [6.45, 7) is 2.05. The highest BCUT2D eigenvalue weighted by Crippen LogP contribution is 2.39. The number of urea groups is 1. The van der Waals surface area contributed by atoms with Crippen molar-refractivity contribution in [3.8, 4) is 0 Å². The van der Waals surface area contributed by atoms with Crippen LogP contribution in [0.1, 0.15) is 17.4 Å². The fourth-order valence-electron chi connectivity index (χ4n) is 3.43. The third kappa shape index (κ3) is 4.63. The predicted octanol–water partition coefficient (Wildman–Crippen LogP) is 1.42. The normalized spacial score (nSPS) is 16.8. The average molecular weight is 483 g/mol. The zero-order valence-corrected chi connectivity index (χ0v) is 17.4. The number of nitrogens with zero attached hydrogens (tertiary/aromatic N) is 3. The highest BCUT2D eigenvalue weighted by molar-refractivity contribution is 6.04. The molecule has 2 aliphatic rings. The van der Waals surface area contributed by atoms with Crippen LogP contribution in [-0.2, 0) is 4.79 Å². The van der Waals surface area contributed by atoms with Crippen LogP contribution in [0, 0.1) is 18.6 Å². The number of alkyl halides is 3. The van der Waals surface area contributed by atoms with Crippen molar-refractivity contribution in [1.29, 1.82) is 0 Å². The molecule has 0 spiro atoms. The second-order valence-corrected chi connectivity index (χ2v) is 7.40. The number of guanidine groups is 1. The van der Waals surface area contributed by atoms with Crippen molar-refractivity contribution in [2.45, 2.75) is 19.1 Å². The first-order valence-electron chi connectivity index (χ1n) is 9.81. The van der Waals surface area contributed by atoms with E-state index in [1.54, 1.807) is 10.2 Å². The largest absolute Gasteiger partial charge is 0.492 e. The van der Waals surface area contributed by atoms with Crippen molar-refractivity contribution in [1.82, 2.24) is 25.5 Å². The summed E-state index contributed by atoms with van der Waals surface area (Å²) in [5.41, 5.74) is -0.881. The molecular weight excluding hydrogens is 467 g/mol. The zero-order chi connectivity index (χ0) is 24.6. The number of piperazine rings is 1. The fourth-order valence-corrected chi connectivity index (χ4v) is 3.43. The second kappa shape index (κ2) is 8.65. The molecule has 1 fully saturated rings. The van der Waals surface area contributed by atoms with Gasteiger partial charge in [0, 0.05) is 23.6 Å². The number of benzene rings is 1. The molecule has 3 amide bonds. The number of fused-ring (bicyclic) bond motifs is 1. The van der Waals surface area contributed by atoms with Crippen LogP contribution in [0.5, 0.6) is 0 Å². The smallest absolute Gasteiger partial charge is 0.455 e. The van der Waals surface area contributed by atoms with E-state index < -0.39 is 41.2 Å². The van der Waals surface area contributed by atoms with Crippen LogP contribution < -0.4 is 20.6 Å². The van der Waals surface area contributed by atoms with Crippen LogP contribution in [0.15, 0.2) is 27.2 Å². The van der Waals surface area contributed by atoms with E-state index in [0.717, 1.165) is 12.3 Å². The molecule has 0 unspecified atom stereocenters. The Hall–Kier alpha value is -4.15. The van der Waals surface area contributed by atoms with E-state index in [0.29, 0.717) is 19.2 Å². The predicted molar refractivity (Wildman–Crippen MR) is 110 cm³/mol. The molecule has 3 heterocycles. The van der Waals surface area contributed by atoms with Crippen molar-refractivity contribution in [2.75, 3.05) is 19.6 Å². The number of hydrogen-bond donors (Lipinski definition) is 3. The summed E-state index contributed by atoms with van der Waals surface area (Å²) < 4.78 is 77.7. The Labute approximate surface area is 187 Å². The number of hydrogen-bond acceptors (Lipinski definition) is 5. The van der Waals surface area contributed by atoms with Gasteiger partial charge in [-0.1, -0.05) is 4.99 Å². The Morgan fingerprint density at radius 1 is 1.35 bits per heavy atom. The molecule has 0 aliphatic carbocycles. The number of allylic oxidation sites excluding steroid dienone is 1. The van der Waals surface area contributed by atoms with Crippen LogP contribution in [0.4, 0.5) is 26.7 Å². The summed E-state index contributed by atoms with van der Waals surface area (Å²) in [6.07, 6.45) is -3.91. The minimum absolute atomic E-state index is 0.0235. The first kappa shape index (κ1) is 23.0. The number of furan rings is 1. The lowest BCUT2D eigenvalue weighted by Gasteiger charge is -2.21. The second-order valence-electron chi connectivity index (χ2n) is 7.40. The van der Waals surface area contributed by atoms with Gasteiger partial charge in [-0.2, -0.15) is 17.8 Å². The molecule has 1 saturated heterocycles. The van der Waals surface area contributed by atoms with Crippen LogP contribution in [0.2, 0.25) is 0 Å². The van der Waals surface area contributed by atoms with E-state index in [-0.39, 0.29) is 35.1 Å². The molecular formula is C20H16F5N6O3+. The van der Waals surface area contributed by atoms with E-state index in [1.165, 1.54) is 6.92 Å². The molecule has 1 aromatic carbocycles. The molecule has 2 aliphatic heterocycles. The molecule has 9 nitrogen and oxygen atoms in total. The number of aliphatic imine (C=N–C) groups is 1. The maximum absolute atomic E-state index is 14.0. The van der Waals surface area contributed by atoms with E-state index in [1.807, 2.05) is 0 Å². The van der Waals surface area contributed by atoms with Crippen LogP contribution in [0.25, 0.3) is 11.0 Å². The maximum Gasteiger partial charge on any atom is 0.492 e. The van der Waals surface area contributed by atoms with Crippen LogP contribution in [-0.4, -0.2) is 60.7 Å². The number of amides is 3. The van der Waals surface area contributed by atoms with Gasteiger partial charge in [-0.3, -0.25) is 10.1 Å². The van der Waals surface area contributed by atoms with E-state index in [2.05, 4.69) is 26.2 Å². The van der Waals surface area contributed by atoms with Gasteiger partial charge in [0.1, 0.15) is 24.3 Å². The molecule has 4 rings (SSSR count). The highest BCUT2D eigenvalue weighted by atomic mass is 19.4. The lowest BCUT2D eigenvalue weighted by Crippen LogP contribution is -2.50. The summed E-state index contributed by atoms with van der Waals surface area (Å²) in [5, 5.41) is 6.28. The topological polar surface area (TPSA) is 113 Å². The summed E-state index contributed by atoms with van der Waals surface area (Å²) in [4.78, 5) is 29.3. The molecule has 0 saturated carbocycles. The van der Waals surface area contributed by atoms with Crippen molar-refractivity contribution >= 4 is 41.0 Å². The monoisotopic (exact) mass is 483 g/mol. The van der Waals surface area contributed by atoms with E-state index >= 15 is 0 Å². The molecule has 3 N–H and O–H groups in total. The highest BCUT2D eigenvalue weighted by Gasteiger charge is 2.45. The Morgan fingerprint density at radius 2 is 2.12 bits per heavy atom. The van der Waals surface area contributed by atoms with Gasteiger partial charge in [0.05, 0.1) is 6.54 Å². The van der Waals surface area contributed by atoms with Gasteiger partial charge in [0.25, 0.3) is 5.91 Å². The minimum atomic E-state index is -5.02. The molecule has 34 heavy (non-hydrogen) atoms. The van der Waals surface area contributed by atoms with Crippen molar-refractivity contribution in [3.05, 3.63) is 40.8 Å². The standard InChI is InChI=1S/C20H15F5N6O3/c1-9-12-4-10(21)5-13(22)16(12)34-15(9)17(20(23,24)25)30-19(33)29-11-6-27-18(28-7-11)31-3-2-26-14(32)8-31/h4-6,17H,2-3,8H2,1H3,(H2-,26,29,30,32,33)/p+1/t17-/m0/s1. The molecule has 0 radical (unpaired) electrons. The summed E-state index contributed by atoms with van der Waals surface area (Å²) >= 11 is 0. The molecule has 14 heteroatoms. The molecule has 2 aromatic rings. The molecule has 178 valence electrons. The number of rotatable bonds is 3. The summed E-state index contributed by atoms with van der Waals surface area (Å²) in [6, 6.07) is -2.63. The van der Waals surface area contributed by atoms with Gasteiger partial charge in [-0.25, -0.2) is 18.5 Å². The van der Waals surface area contributed by atoms with E-state index in [9.17, 15) is 31.5 Å². The lowest BCUT2D eigenvalue weighted by atomic mass is 10.1. The SMILES string of the molecule is Cc1c([C@H](NC(=O)NC2=C=[N+]=C(N3CCNC(=O)C3)N=C2)C(F)(F)F)oc2c(F)cc(F)cc12. The number of nitrogens with one attached hydrogen (secondary N) is 3. The van der Waals surface area contributed by atoms with Crippen molar-refractivity contribution in [2.24, 2.45) is 4.99 Å². The third-order valence-corrected chi connectivity index (χ3v) is 5.01. The Kier molecular flexibility index (Phi) is 5.86. The Bertz CT molecular complexity index is 1320. The van der Waals surface area contributed by atoms with Crippen LogP contribution >= 0.6 is 0 Å². The maximum atomic E-state index is 14.0. The summed E-state index contributed by atoms with van der Waals surface area (Å²) in [5.74, 6) is -0.597. The summed E-state index contributed by atoms with van der Waals surface area (Å²) in [7, 11) is 0. The van der Waals surface area contributed by atoms with Gasteiger partial charge >= 0.3 is 18.2 Å². The lowest BCUT2D eigenvalue weighted by molar-refractivity contribution is -0.158. The quantitative estimate of drug-likeness (QED) is 0.453. The zero-order valence-electron chi connectivity index (χ0n) is 17.4. The Balaban J connectivity index is 1.56. The van der Waals surface area contributed by atoms with Crippen molar-refractivity contribution < 1.29 is 36.0 Å². The van der Waals surface area contributed by atoms with Crippen LogP contribution in [0.3, 0.4) is 0 Å². The Morgan fingerprint density at radius 3 is 2.76 bits per heavy atom. The number of carbonyl (C=O) groups excluding carboxylic acids is 2. The van der Waals surface area contributed by atoms with E-state index in [4.69, 9.17) is 4.42 Å². The first-order chi connectivity index (χ1) is 16.0. The molecule has 1 atom stereocenters. The van der Waals surface area contributed by atoms with Gasteiger partial charge in [0.2, 0.25) is 0 Å². The number of halogens is 5. The number of aryl methyl sites for hydroxylation is 1. The van der Waals surface area contributed by atoms with Gasteiger partial charge in [-0.05, 0) is 13.0 Å². The molecule has 1 aromatic heterocycles. The first-order valence-corrected chi connectivity index (χ1v) is 9.81. The van der Waals surface area contributed by atoms with Gasteiger partial charge < -0.3 is 15.1 Å². The third-order valence-electron chi connectivity index (χ3n) is 5.01. The van der Waals surface area contributed by atoms with Crippen molar-refractivity contribution in [3.63, 3.8) is 0 Å². The average Bonchev–Trinajstić information content (AvgIpc) is 3.08. The van der Waals surface area contributed by atoms with Gasteiger partial charge in [0.15, 0.2) is 29.0 Å². The van der Waals surface area contributed by atoms with Gasteiger partial charge in [-0.15, -0.1) is 0 Å². The minimum Gasteiger partial charge on any atom is -0.455 e. The number of carbonyl (C=O) groups is 2.